The predicted octanol–water partition coefficient (Wildman–Crippen LogP) is 4.67. The van der Waals surface area contributed by atoms with Crippen LogP contribution < -0.4 is 10.6 Å². The number of hydrogen-bond acceptors (Lipinski definition) is 5. The Bertz CT molecular complexity index is 674. The molecule has 1 aliphatic rings. The molecule has 28 heavy (non-hydrogen) atoms. The molecule has 1 saturated carbocycles. The molecule has 6 nitrogen and oxygen atoms in total. The van der Waals surface area contributed by atoms with Gasteiger partial charge in [0.1, 0.15) is 5.60 Å². The lowest BCUT2D eigenvalue weighted by molar-refractivity contribution is 0.0485. The van der Waals surface area contributed by atoms with Crippen molar-refractivity contribution in [2.45, 2.75) is 71.9 Å². The molecule has 2 N–H and O–H groups in total. The third-order valence-corrected chi connectivity index (χ3v) is 4.90. The first kappa shape index (κ1) is 22.1. The topological polar surface area (TPSA) is 76.7 Å². The van der Waals surface area contributed by atoms with Crippen LogP contribution in [0.1, 0.15) is 69.3 Å². The molecule has 1 aliphatic carbocycles. The van der Waals surface area contributed by atoms with Gasteiger partial charge in [-0.3, -0.25) is 0 Å². The molecule has 1 aromatic rings. The Hall–Kier alpha value is -2.24. The van der Waals surface area contributed by atoms with Crippen LogP contribution in [0.5, 0.6) is 0 Å². The molecule has 0 unspecified atom stereocenters. The van der Waals surface area contributed by atoms with Crippen molar-refractivity contribution in [1.82, 2.24) is 5.32 Å². The quantitative estimate of drug-likeness (QED) is 0.691. The molecule has 1 amide bonds. The fourth-order valence-electron chi connectivity index (χ4n) is 3.39. The molecule has 1 fully saturated rings. The number of aryl methyl sites for hydroxylation is 1. The maximum atomic E-state index is 11.9. The van der Waals surface area contributed by atoms with Crippen molar-refractivity contribution in [3.63, 3.8) is 0 Å². The van der Waals surface area contributed by atoms with E-state index in [0.717, 1.165) is 43.5 Å². The Morgan fingerprint density at radius 3 is 2.43 bits per heavy atom. The number of rotatable bonds is 6. The average molecular weight is 391 g/mol. The van der Waals surface area contributed by atoms with Crippen molar-refractivity contribution in [3.05, 3.63) is 29.3 Å². The summed E-state index contributed by atoms with van der Waals surface area (Å²) in [6.45, 7) is 10.7. The van der Waals surface area contributed by atoms with Gasteiger partial charge in [0.25, 0.3) is 0 Å². The number of amides is 1. The smallest absolute Gasteiger partial charge is 0.407 e. The van der Waals surface area contributed by atoms with Gasteiger partial charge in [0, 0.05) is 18.3 Å². The lowest BCUT2D eigenvalue weighted by Gasteiger charge is -2.30. The van der Waals surface area contributed by atoms with Crippen LogP contribution in [0, 0.1) is 12.8 Å². The van der Waals surface area contributed by atoms with Crippen LogP contribution >= 0.6 is 0 Å². The Kier molecular flexibility index (Phi) is 7.72. The van der Waals surface area contributed by atoms with E-state index < -0.39 is 5.60 Å². The van der Waals surface area contributed by atoms with Crippen LogP contribution in [0.3, 0.4) is 0 Å². The number of anilines is 1. The highest BCUT2D eigenvalue weighted by Crippen LogP contribution is 2.26. The number of nitrogens with one attached hydrogen (secondary N) is 2. The Morgan fingerprint density at radius 2 is 1.82 bits per heavy atom. The van der Waals surface area contributed by atoms with E-state index in [1.165, 1.54) is 0 Å². The first-order chi connectivity index (χ1) is 13.2. The average Bonchev–Trinajstić information content (AvgIpc) is 2.61. The number of hydrogen-bond donors (Lipinski definition) is 2. The molecule has 0 bridgehead atoms. The van der Waals surface area contributed by atoms with E-state index in [1.807, 2.05) is 39.8 Å². The van der Waals surface area contributed by atoms with Gasteiger partial charge in [0.15, 0.2) is 0 Å². The number of alkyl carbamates (subject to hydrolysis) is 1. The van der Waals surface area contributed by atoms with E-state index in [9.17, 15) is 9.59 Å². The Balaban J connectivity index is 1.80. The predicted molar refractivity (Wildman–Crippen MR) is 111 cm³/mol. The zero-order valence-corrected chi connectivity index (χ0v) is 17.8. The van der Waals surface area contributed by atoms with Crippen LogP contribution in [0.15, 0.2) is 18.2 Å². The second-order valence-corrected chi connectivity index (χ2v) is 8.49. The zero-order valence-electron chi connectivity index (χ0n) is 17.8. The van der Waals surface area contributed by atoms with Gasteiger partial charge in [-0.2, -0.15) is 0 Å². The lowest BCUT2D eigenvalue weighted by atomic mass is 9.86. The molecule has 156 valence electrons. The van der Waals surface area contributed by atoms with Crippen molar-refractivity contribution in [1.29, 1.82) is 0 Å². The van der Waals surface area contributed by atoms with Crippen molar-refractivity contribution in [2.24, 2.45) is 5.92 Å². The minimum atomic E-state index is -0.471. The fourth-order valence-corrected chi connectivity index (χ4v) is 3.39. The van der Waals surface area contributed by atoms with Gasteiger partial charge in [-0.15, -0.1) is 0 Å². The monoisotopic (exact) mass is 390 g/mol. The molecule has 0 saturated heterocycles. The van der Waals surface area contributed by atoms with Crippen LogP contribution in [0.2, 0.25) is 0 Å². The molecule has 2 rings (SSSR count). The van der Waals surface area contributed by atoms with Gasteiger partial charge >= 0.3 is 12.1 Å². The van der Waals surface area contributed by atoms with Crippen LogP contribution in [0.25, 0.3) is 0 Å². The number of benzene rings is 1. The molecule has 0 heterocycles. The van der Waals surface area contributed by atoms with Gasteiger partial charge in [-0.1, -0.05) is 6.07 Å². The van der Waals surface area contributed by atoms with E-state index in [2.05, 4.69) is 10.6 Å². The SMILES string of the molecule is CCOC(=O)c1ccc(C)c(NC[C@H]2CC[C@H](NC(=O)OC(C)(C)C)CC2)c1. The lowest BCUT2D eigenvalue weighted by Crippen LogP contribution is -2.41. The molecule has 0 atom stereocenters. The zero-order chi connectivity index (χ0) is 20.7. The largest absolute Gasteiger partial charge is 0.462 e. The summed E-state index contributed by atoms with van der Waals surface area (Å²) in [7, 11) is 0. The van der Waals surface area contributed by atoms with Crippen molar-refractivity contribution < 1.29 is 19.1 Å². The number of esters is 1. The molecular formula is C22H34N2O4. The van der Waals surface area contributed by atoms with Gasteiger partial charge in [-0.25, -0.2) is 9.59 Å². The maximum Gasteiger partial charge on any atom is 0.407 e. The molecular weight excluding hydrogens is 356 g/mol. The van der Waals surface area contributed by atoms with Crippen LogP contribution in [-0.4, -0.2) is 36.9 Å². The number of ether oxygens (including phenoxy) is 2. The summed E-state index contributed by atoms with van der Waals surface area (Å²) >= 11 is 0. The summed E-state index contributed by atoms with van der Waals surface area (Å²) in [5.74, 6) is 0.251. The second-order valence-electron chi connectivity index (χ2n) is 8.49. The highest BCUT2D eigenvalue weighted by molar-refractivity contribution is 5.90. The summed E-state index contributed by atoms with van der Waals surface area (Å²) < 4.78 is 10.4. The van der Waals surface area contributed by atoms with Crippen molar-refractivity contribution >= 4 is 17.7 Å². The van der Waals surface area contributed by atoms with Gasteiger partial charge in [-0.05, 0) is 83.9 Å². The van der Waals surface area contributed by atoms with Crippen molar-refractivity contribution in [3.8, 4) is 0 Å². The third-order valence-electron chi connectivity index (χ3n) is 4.90. The second kappa shape index (κ2) is 9.80. The summed E-state index contributed by atoms with van der Waals surface area (Å²) in [5.41, 5.74) is 2.18. The Labute approximate surface area is 168 Å². The minimum absolute atomic E-state index is 0.181. The molecule has 0 radical (unpaired) electrons. The first-order valence-corrected chi connectivity index (χ1v) is 10.2. The minimum Gasteiger partial charge on any atom is -0.462 e. The summed E-state index contributed by atoms with van der Waals surface area (Å²) in [5, 5.41) is 6.46. The van der Waals surface area contributed by atoms with Gasteiger partial charge < -0.3 is 20.1 Å². The van der Waals surface area contributed by atoms with Crippen molar-refractivity contribution in [2.75, 3.05) is 18.5 Å². The first-order valence-electron chi connectivity index (χ1n) is 10.2. The molecule has 6 heteroatoms. The summed E-state index contributed by atoms with van der Waals surface area (Å²) in [6.07, 6.45) is 3.66. The van der Waals surface area contributed by atoms with Gasteiger partial charge in [0.2, 0.25) is 0 Å². The number of carbonyl (C=O) groups is 2. The van der Waals surface area contributed by atoms with Gasteiger partial charge in [0.05, 0.1) is 12.2 Å². The normalized spacial score (nSPS) is 19.6. The Morgan fingerprint density at radius 1 is 1.14 bits per heavy atom. The highest BCUT2D eigenvalue weighted by atomic mass is 16.6. The highest BCUT2D eigenvalue weighted by Gasteiger charge is 2.24. The molecule has 0 spiro atoms. The maximum absolute atomic E-state index is 11.9. The van der Waals surface area contributed by atoms with Crippen LogP contribution in [-0.2, 0) is 9.47 Å². The third kappa shape index (κ3) is 7.06. The van der Waals surface area contributed by atoms with E-state index in [1.54, 1.807) is 13.0 Å². The molecule has 0 aliphatic heterocycles. The van der Waals surface area contributed by atoms with E-state index in [0.29, 0.717) is 18.1 Å². The fraction of sp³-hybridized carbons (Fsp3) is 0.636. The standard InChI is InChI=1S/C22H34N2O4/c1-6-27-20(25)17-10-7-15(2)19(13-17)23-14-16-8-11-18(12-9-16)24-21(26)28-22(3,4)5/h7,10,13,16,18,23H,6,8-9,11-12,14H2,1-5H3,(H,24,26)/t16-,18-. The molecule has 0 aromatic heterocycles. The summed E-state index contributed by atoms with van der Waals surface area (Å²) in [6, 6.07) is 5.78. The summed E-state index contributed by atoms with van der Waals surface area (Å²) in [4.78, 5) is 23.8. The molecule has 1 aromatic carbocycles. The van der Waals surface area contributed by atoms with Crippen LogP contribution in [0.4, 0.5) is 10.5 Å². The van der Waals surface area contributed by atoms with E-state index >= 15 is 0 Å². The van der Waals surface area contributed by atoms with E-state index in [-0.39, 0.29) is 18.1 Å². The number of carbonyl (C=O) groups excluding carboxylic acids is 2. The van der Waals surface area contributed by atoms with E-state index in [4.69, 9.17) is 9.47 Å².